The summed E-state index contributed by atoms with van der Waals surface area (Å²) < 4.78 is 4.91. The van der Waals surface area contributed by atoms with E-state index in [1.165, 1.54) is 12.3 Å². The molecule has 0 atom stereocenters. The van der Waals surface area contributed by atoms with E-state index in [0.29, 0.717) is 16.0 Å². The molecule has 2 aromatic heterocycles. The number of nitrogens with zero attached hydrogens (tertiary/aromatic N) is 1. The van der Waals surface area contributed by atoms with Gasteiger partial charge in [0.05, 0.1) is 11.6 Å². The number of carbonyl (C=O) groups is 1. The highest BCUT2D eigenvalue weighted by Crippen LogP contribution is 2.26. The van der Waals surface area contributed by atoms with Gasteiger partial charge in [0, 0.05) is 22.1 Å². The van der Waals surface area contributed by atoms with Crippen molar-refractivity contribution in [1.29, 1.82) is 0 Å². The number of rotatable bonds is 3. The van der Waals surface area contributed by atoms with E-state index >= 15 is 0 Å². The number of ketones is 1. The molecule has 0 saturated carbocycles. The zero-order valence-electron chi connectivity index (χ0n) is 9.92. The summed E-state index contributed by atoms with van der Waals surface area (Å²) in [5, 5.41) is 11.7. The van der Waals surface area contributed by atoms with E-state index in [0.717, 1.165) is 11.6 Å². The Labute approximate surface area is 117 Å². The van der Waals surface area contributed by atoms with Crippen molar-refractivity contribution in [2.45, 2.75) is 0 Å². The zero-order valence-corrected chi connectivity index (χ0v) is 10.7. The SMILES string of the molecule is O=C(c1ccc([N+](=O)[O-])o1)c1c[nH]c2ccc(Cl)cc12. The summed E-state index contributed by atoms with van der Waals surface area (Å²) in [7, 11) is 0. The third kappa shape index (κ3) is 1.96. The summed E-state index contributed by atoms with van der Waals surface area (Å²) in [4.78, 5) is 25.1. The van der Waals surface area contributed by atoms with E-state index in [4.69, 9.17) is 16.0 Å². The Morgan fingerprint density at radius 2 is 2.10 bits per heavy atom. The van der Waals surface area contributed by atoms with Crippen LogP contribution >= 0.6 is 11.6 Å². The average molecular weight is 291 g/mol. The molecule has 0 aliphatic rings. The van der Waals surface area contributed by atoms with Gasteiger partial charge in [0.2, 0.25) is 5.78 Å². The van der Waals surface area contributed by atoms with E-state index in [9.17, 15) is 14.9 Å². The minimum Gasteiger partial charge on any atom is -0.397 e. The number of hydrogen-bond acceptors (Lipinski definition) is 4. The van der Waals surface area contributed by atoms with E-state index in [-0.39, 0.29) is 5.76 Å². The van der Waals surface area contributed by atoms with Gasteiger partial charge in [0.1, 0.15) is 4.92 Å². The fourth-order valence-corrected chi connectivity index (χ4v) is 2.13. The maximum Gasteiger partial charge on any atom is 0.433 e. The van der Waals surface area contributed by atoms with Crippen LogP contribution in [-0.2, 0) is 0 Å². The van der Waals surface area contributed by atoms with Crippen molar-refractivity contribution < 1.29 is 14.1 Å². The van der Waals surface area contributed by atoms with Crippen molar-refractivity contribution in [3.8, 4) is 0 Å². The van der Waals surface area contributed by atoms with Crippen molar-refractivity contribution >= 4 is 34.2 Å². The number of nitro groups is 1. The van der Waals surface area contributed by atoms with Crippen LogP contribution in [0.2, 0.25) is 5.02 Å². The number of fused-ring (bicyclic) bond motifs is 1. The van der Waals surface area contributed by atoms with Gasteiger partial charge in [0.25, 0.3) is 0 Å². The lowest BCUT2D eigenvalue weighted by Crippen LogP contribution is -1.98. The lowest BCUT2D eigenvalue weighted by atomic mass is 10.1. The second-order valence-electron chi connectivity index (χ2n) is 4.12. The molecule has 0 fully saturated rings. The number of hydrogen-bond donors (Lipinski definition) is 1. The normalized spacial score (nSPS) is 10.8. The summed E-state index contributed by atoms with van der Waals surface area (Å²) in [6.45, 7) is 0. The molecule has 7 heteroatoms. The molecule has 1 aromatic carbocycles. The Balaban J connectivity index is 2.07. The summed E-state index contributed by atoms with van der Waals surface area (Å²) in [6, 6.07) is 7.53. The van der Waals surface area contributed by atoms with Crippen LogP contribution in [0, 0.1) is 10.1 Å². The molecule has 100 valence electrons. The summed E-state index contributed by atoms with van der Waals surface area (Å²) in [5.74, 6) is -0.990. The highest BCUT2D eigenvalue weighted by atomic mass is 35.5. The second-order valence-corrected chi connectivity index (χ2v) is 4.55. The van der Waals surface area contributed by atoms with E-state index in [1.54, 1.807) is 18.2 Å². The van der Waals surface area contributed by atoms with Gasteiger partial charge in [-0.25, -0.2) is 0 Å². The van der Waals surface area contributed by atoms with Crippen LogP contribution in [0.15, 0.2) is 40.9 Å². The molecular weight excluding hydrogens is 284 g/mol. The molecule has 1 N–H and O–H groups in total. The maximum absolute atomic E-state index is 12.3. The Morgan fingerprint density at radius 1 is 1.30 bits per heavy atom. The Bertz CT molecular complexity index is 834. The Morgan fingerprint density at radius 3 is 2.80 bits per heavy atom. The topological polar surface area (TPSA) is 89.1 Å². The number of aromatic nitrogens is 1. The summed E-state index contributed by atoms with van der Waals surface area (Å²) in [5.41, 5.74) is 1.10. The van der Waals surface area contributed by atoms with Gasteiger partial charge >= 0.3 is 5.88 Å². The molecule has 3 aromatic rings. The Kier molecular flexibility index (Phi) is 2.80. The number of halogens is 1. The molecule has 2 heterocycles. The predicted molar refractivity (Wildman–Crippen MR) is 72.1 cm³/mol. The molecule has 0 bridgehead atoms. The fourth-order valence-electron chi connectivity index (χ4n) is 1.96. The molecule has 20 heavy (non-hydrogen) atoms. The summed E-state index contributed by atoms with van der Waals surface area (Å²) >= 11 is 5.91. The van der Waals surface area contributed by atoms with Crippen molar-refractivity contribution in [2.75, 3.05) is 0 Å². The van der Waals surface area contributed by atoms with Crippen LogP contribution < -0.4 is 0 Å². The predicted octanol–water partition coefficient (Wildman–Crippen LogP) is 3.55. The average Bonchev–Trinajstić information content (AvgIpc) is 3.04. The lowest BCUT2D eigenvalue weighted by molar-refractivity contribution is -0.402. The zero-order chi connectivity index (χ0) is 14.3. The molecule has 3 rings (SSSR count). The summed E-state index contributed by atoms with van der Waals surface area (Å²) in [6.07, 6.45) is 1.53. The molecule has 0 radical (unpaired) electrons. The van der Waals surface area contributed by atoms with Gasteiger partial charge in [-0.1, -0.05) is 11.6 Å². The van der Waals surface area contributed by atoms with Gasteiger partial charge in [-0.15, -0.1) is 0 Å². The van der Waals surface area contributed by atoms with Crippen LogP contribution in [0.25, 0.3) is 10.9 Å². The Hall–Kier alpha value is -2.60. The highest BCUT2D eigenvalue weighted by Gasteiger charge is 2.21. The largest absolute Gasteiger partial charge is 0.433 e. The van der Waals surface area contributed by atoms with E-state index in [2.05, 4.69) is 4.98 Å². The molecule has 0 aliphatic carbocycles. The van der Waals surface area contributed by atoms with Gasteiger partial charge in [-0.3, -0.25) is 14.9 Å². The van der Waals surface area contributed by atoms with Gasteiger partial charge in [-0.2, -0.15) is 0 Å². The quantitative estimate of drug-likeness (QED) is 0.454. The molecular formula is C13H7ClN2O4. The van der Waals surface area contributed by atoms with Crippen molar-refractivity contribution in [3.63, 3.8) is 0 Å². The van der Waals surface area contributed by atoms with Crippen LogP contribution in [0.5, 0.6) is 0 Å². The number of nitrogens with one attached hydrogen (secondary N) is 1. The molecule has 0 unspecified atom stereocenters. The molecule has 0 spiro atoms. The van der Waals surface area contributed by atoms with Gasteiger partial charge in [0.15, 0.2) is 5.76 Å². The minimum atomic E-state index is -0.692. The lowest BCUT2D eigenvalue weighted by Gasteiger charge is -1.96. The first-order valence-electron chi connectivity index (χ1n) is 5.62. The molecule has 6 nitrogen and oxygen atoms in total. The monoisotopic (exact) mass is 290 g/mol. The van der Waals surface area contributed by atoms with Crippen molar-refractivity contribution in [1.82, 2.24) is 4.98 Å². The van der Waals surface area contributed by atoms with Crippen LogP contribution in [0.4, 0.5) is 5.88 Å². The fraction of sp³-hybridized carbons (Fsp3) is 0. The van der Waals surface area contributed by atoms with Crippen LogP contribution in [0.1, 0.15) is 16.1 Å². The first-order chi connectivity index (χ1) is 9.56. The van der Waals surface area contributed by atoms with E-state index < -0.39 is 16.6 Å². The third-order valence-electron chi connectivity index (χ3n) is 2.88. The standard InChI is InChI=1S/C13H7ClN2O4/c14-7-1-2-10-8(5-7)9(6-15-10)13(17)11-3-4-12(20-11)16(18)19/h1-6,15H. The first kappa shape index (κ1) is 12.4. The van der Waals surface area contributed by atoms with Crippen molar-refractivity contribution in [3.05, 3.63) is 63.0 Å². The number of carbonyl (C=O) groups excluding carboxylic acids is 1. The number of aromatic amines is 1. The third-order valence-corrected chi connectivity index (χ3v) is 3.12. The smallest absolute Gasteiger partial charge is 0.397 e. The minimum absolute atomic E-state index is 0.0856. The van der Waals surface area contributed by atoms with Crippen LogP contribution in [-0.4, -0.2) is 15.7 Å². The number of furan rings is 1. The number of benzene rings is 1. The second kappa shape index (κ2) is 4.50. The van der Waals surface area contributed by atoms with Gasteiger partial charge in [-0.05, 0) is 24.3 Å². The first-order valence-corrected chi connectivity index (χ1v) is 5.99. The highest BCUT2D eigenvalue weighted by molar-refractivity contribution is 6.31. The van der Waals surface area contributed by atoms with Crippen LogP contribution in [0.3, 0.4) is 0 Å². The maximum atomic E-state index is 12.3. The van der Waals surface area contributed by atoms with Gasteiger partial charge < -0.3 is 9.40 Å². The molecule has 0 amide bonds. The molecule has 0 aliphatic heterocycles. The molecule has 0 saturated heterocycles. The number of H-pyrrole nitrogens is 1. The van der Waals surface area contributed by atoms with E-state index in [1.807, 2.05) is 0 Å². The van der Waals surface area contributed by atoms with Crippen molar-refractivity contribution in [2.24, 2.45) is 0 Å².